The molecule has 0 spiro atoms. The van der Waals surface area contributed by atoms with Crippen LogP contribution in [0.3, 0.4) is 0 Å². The van der Waals surface area contributed by atoms with Gasteiger partial charge >= 0.3 is 0 Å². The van der Waals surface area contributed by atoms with E-state index in [1.807, 2.05) is 13.0 Å². The Morgan fingerprint density at radius 1 is 1.35 bits per heavy atom. The zero-order valence-electron chi connectivity index (χ0n) is 11.0. The van der Waals surface area contributed by atoms with E-state index >= 15 is 0 Å². The normalized spacial score (nSPS) is 23.3. The minimum atomic E-state index is -0.390. The Morgan fingerprint density at radius 2 is 2.06 bits per heavy atom. The summed E-state index contributed by atoms with van der Waals surface area (Å²) in [5.41, 5.74) is -0.390. The van der Waals surface area contributed by atoms with Crippen LogP contribution in [0.5, 0.6) is 0 Å². The van der Waals surface area contributed by atoms with Gasteiger partial charge in [0.2, 0.25) is 0 Å². The average molecular weight is 239 g/mol. The van der Waals surface area contributed by atoms with Crippen molar-refractivity contribution in [1.29, 1.82) is 0 Å². The van der Waals surface area contributed by atoms with Crippen LogP contribution in [0.4, 0.5) is 0 Å². The van der Waals surface area contributed by atoms with E-state index in [2.05, 4.69) is 11.6 Å². The molecule has 1 atom stereocenters. The van der Waals surface area contributed by atoms with Crippen molar-refractivity contribution in [2.75, 3.05) is 13.2 Å². The van der Waals surface area contributed by atoms with Crippen LogP contribution < -0.4 is 0 Å². The Labute approximate surface area is 105 Å². The highest BCUT2D eigenvalue weighted by atomic mass is 16.5. The van der Waals surface area contributed by atoms with E-state index in [-0.39, 0.29) is 12.1 Å². The van der Waals surface area contributed by atoms with Crippen LogP contribution in [0, 0.1) is 0 Å². The molecule has 0 aromatic rings. The molecule has 0 amide bonds. The lowest BCUT2D eigenvalue weighted by Gasteiger charge is -2.12. The zero-order chi connectivity index (χ0) is 12.6. The molecule has 1 heterocycles. The molecule has 0 radical (unpaired) electrons. The predicted octanol–water partition coefficient (Wildman–Crippen LogP) is 3.08. The van der Waals surface area contributed by atoms with E-state index in [4.69, 9.17) is 9.84 Å². The topological polar surface area (TPSA) is 41.8 Å². The highest BCUT2D eigenvalue weighted by Crippen LogP contribution is 2.20. The first-order valence-electron chi connectivity index (χ1n) is 6.63. The molecule has 0 saturated carbocycles. The van der Waals surface area contributed by atoms with Gasteiger partial charge in [-0.3, -0.25) is 0 Å². The zero-order valence-corrected chi connectivity index (χ0v) is 11.0. The van der Waals surface area contributed by atoms with E-state index in [0.29, 0.717) is 6.61 Å². The molecule has 17 heavy (non-hydrogen) atoms. The molecule has 0 aliphatic carbocycles. The number of rotatable bonds is 9. The molecule has 1 aliphatic rings. The minimum absolute atomic E-state index is 0.0675. The van der Waals surface area contributed by atoms with Crippen LogP contribution in [-0.2, 0) is 4.74 Å². The molecule has 0 bridgehead atoms. The minimum Gasteiger partial charge on any atom is -0.478 e. The van der Waals surface area contributed by atoms with Crippen LogP contribution in [0.15, 0.2) is 17.6 Å². The summed E-state index contributed by atoms with van der Waals surface area (Å²) in [6, 6.07) is 0. The summed E-state index contributed by atoms with van der Waals surface area (Å²) < 4.78 is 5.48. The highest BCUT2D eigenvalue weighted by molar-refractivity contribution is 5.78. The second-order valence-electron chi connectivity index (χ2n) is 5.04. The van der Waals surface area contributed by atoms with Gasteiger partial charge in [-0.1, -0.05) is 25.3 Å². The van der Waals surface area contributed by atoms with E-state index in [1.54, 1.807) is 0 Å². The Balaban J connectivity index is 2.04. The fourth-order valence-corrected chi connectivity index (χ4v) is 1.91. The van der Waals surface area contributed by atoms with Gasteiger partial charge in [-0.05, 0) is 26.2 Å². The van der Waals surface area contributed by atoms with Crippen molar-refractivity contribution < 1.29 is 9.84 Å². The average Bonchev–Trinajstić information content (AvgIpc) is 2.71. The summed E-state index contributed by atoms with van der Waals surface area (Å²) in [7, 11) is 0. The van der Waals surface area contributed by atoms with Crippen LogP contribution >= 0.6 is 0 Å². The Morgan fingerprint density at radius 3 is 2.71 bits per heavy atom. The van der Waals surface area contributed by atoms with E-state index in [0.717, 1.165) is 25.2 Å². The van der Waals surface area contributed by atoms with Gasteiger partial charge in [0.25, 0.3) is 0 Å². The van der Waals surface area contributed by atoms with Crippen molar-refractivity contribution in [3.63, 3.8) is 0 Å². The second kappa shape index (κ2) is 7.49. The quantitative estimate of drug-likeness (QED) is 0.496. The Hall–Kier alpha value is -0.830. The van der Waals surface area contributed by atoms with Crippen molar-refractivity contribution in [3.8, 4) is 0 Å². The van der Waals surface area contributed by atoms with Gasteiger partial charge < -0.3 is 9.84 Å². The largest absolute Gasteiger partial charge is 0.478 e. The van der Waals surface area contributed by atoms with Crippen molar-refractivity contribution in [1.82, 2.24) is 0 Å². The number of ether oxygens (including phenoxy) is 1. The SMILES string of the molecule is C=CCCCCCCCC1=NC(C)(CO)CO1. The van der Waals surface area contributed by atoms with Crippen LogP contribution in [0.1, 0.15) is 51.9 Å². The molecule has 1 aliphatic heterocycles. The summed E-state index contributed by atoms with van der Waals surface area (Å²) in [4.78, 5) is 4.42. The lowest BCUT2D eigenvalue weighted by atomic mass is 10.1. The molecule has 1 rings (SSSR count). The number of nitrogens with zero attached hydrogens (tertiary/aromatic N) is 1. The monoisotopic (exact) mass is 239 g/mol. The van der Waals surface area contributed by atoms with Gasteiger partial charge in [0.05, 0.1) is 6.61 Å². The molecule has 1 unspecified atom stereocenters. The maximum Gasteiger partial charge on any atom is 0.184 e. The van der Waals surface area contributed by atoms with Gasteiger partial charge in [-0.25, -0.2) is 4.99 Å². The summed E-state index contributed by atoms with van der Waals surface area (Å²) in [5, 5.41) is 9.14. The first kappa shape index (κ1) is 14.2. The molecule has 0 aromatic carbocycles. The summed E-state index contributed by atoms with van der Waals surface area (Å²) in [6.45, 7) is 6.24. The van der Waals surface area contributed by atoms with Crippen LogP contribution in [0.2, 0.25) is 0 Å². The van der Waals surface area contributed by atoms with Gasteiger partial charge in [0.15, 0.2) is 5.90 Å². The molecular formula is C14H25NO2. The van der Waals surface area contributed by atoms with E-state index in [1.165, 1.54) is 25.7 Å². The summed E-state index contributed by atoms with van der Waals surface area (Å²) >= 11 is 0. The number of hydrogen-bond donors (Lipinski definition) is 1. The first-order chi connectivity index (χ1) is 8.20. The predicted molar refractivity (Wildman–Crippen MR) is 71.4 cm³/mol. The second-order valence-corrected chi connectivity index (χ2v) is 5.04. The number of hydrogen-bond acceptors (Lipinski definition) is 3. The smallest absolute Gasteiger partial charge is 0.184 e. The van der Waals surface area contributed by atoms with Crippen molar-refractivity contribution in [2.45, 2.75) is 57.4 Å². The molecule has 0 aromatic heterocycles. The number of aliphatic hydroxyl groups excluding tert-OH is 1. The molecule has 0 fully saturated rings. The first-order valence-corrected chi connectivity index (χ1v) is 6.63. The maximum atomic E-state index is 9.14. The van der Waals surface area contributed by atoms with Gasteiger partial charge in [-0.2, -0.15) is 0 Å². The number of unbranched alkanes of at least 4 members (excludes halogenated alkanes) is 5. The van der Waals surface area contributed by atoms with Crippen LogP contribution in [-0.4, -0.2) is 29.8 Å². The van der Waals surface area contributed by atoms with Crippen molar-refractivity contribution in [3.05, 3.63) is 12.7 Å². The molecule has 98 valence electrons. The lowest BCUT2D eigenvalue weighted by Crippen LogP contribution is -2.28. The molecule has 3 heteroatoms. The molecule has 3 nitrogen and oxygen atoms in total. The van der Waals surface area contributed by atoms with E-state index in [9.17, 15) is 0 Å². The number of aliphatic hydroxyl groups is 1. The van der Waals surface area contributed by atoms with Crippen LogP contribution in [0.25, 0.3) is 0 Å². The standard InChI is InChI=1S/C14H25NO2/c1-3-4-5-6-7-8-9-10-13-15-14(2,11-16)12-17-13/h3,16H,1,4-12H2,2H3. The van der Waals surface area contributed by atoms with Gasteiger partial charge in [-0.15, -0.1) is 6.58 Å². The molecule has 1 N–H and O–H groups in total. The number of allylic oxidation sites excluding steroid dienone is 1. The summed E-state index contributed by atoms with van der Waals surface area (Å²) in [6.07, 6.45) is 10.2. The third kappa shape index (κ3) is 5.35. The Kier molecular flexibility index (Phi) is 6.27. The lowest BCUT2D eigenvalue weighted by molar-refractivity contribution is 0.169. The van der Waals surface area contributed by atoms with Crippen molar-refractivity contribution >= 4 is 5.90 Å². The third-order valence-corrected chi connectivity index (χ3v) is 3.08. The van der Waals surface area contributed by atoms with Gasteiger partial charge in [0.1, 0.15) is 12.1 Å². The number of aliphatic imine (C=N–C) groups is 1. The maximum absolute atomic E-state index is 9.14. The summed E-state index contributed by atoms with van der Waals surface area (Å²) in [5.74, 6) is 0.827. The van der Waals surface area contributed by atoms with E-state index < -0.39 is 0 Å². The molecule has 0 saturated heterocycles. The fourth-order valence-electron chi connectivity index (χ4n) is 1.91. The molecular weight excluding hydrogens is 214 g/mol. The fraction of sp³-hybridized carbons (Fsp3) is 0.786. The Bertz CT molecular complexity index is 263. The van der Waals surface area contributed by atoms with Gasteiger partial charge in [0, 0.05) is 6.42 Å². The van der Waals surface area contributed by atoms with Crippen molar-refractivity contribution in [2.24, 2.45) is 4.99 Å². The highest BCUT2D eigenvalue weighted by Gasteiger charge is 2.30. The third-order valence-electron chi connectivity index (χ3n) is 3.08.